The Hall–Kier alpha value is -3.19. The molecule has 0 saturated carbocycles. The Morgan fingerprint density at radius 3 is 2.72 bits per heavy atom. The van der Waals surface area contributed by atoms with Crippen LogP contribution in [0.3, 0.4) is 0 Å². The van der Waals surface area contributed by atoms with Crippen molar-refractivity contribution in [1.29, 1.82) is 0 Å². The number of aryl methyl sites for hydroxylation is 1. The highest BCUT2D eigenvalue weighted by atomic mass is 16.5. The molecule has 0 bridgehead atoms. The highest BCUT2D eigenvalue weighted by Gasteiger charge is 2.21. The molecule has 0 radical (unpaired) electrons. The first kappa shape index (κ1) is 20.5. The maximum Gasteiger partial charge on any atom is 0.254 e. The van der Waals surface area contributed by atoms with Crippen molar-refractivity contribution in [2.45, 2.75) is 20.3 Å². The van der Waals surface area contributed by atoms with Crippen molar-refractivity contribution in [1.82, 2.24) is 10.1 Å². The van der Waals surface area contributed by atoms with Gasteiger partial charge in [0.1, 0.15) is 12.3 Å². The van der Waals surface area contributed by atoms with E-state index < -0.39 is 0 Å². The zero-order valence-corrected chi connectivity index (χ0v) is 16.7. The average Bonchev–Trinajstić information content (AvgIpc) is 3.13. The minimum Gasteiger partial charge on any atom is -0.382 e. The van der Waals surface area contributed by atoms with E-state index in [4.69, 9.17) is 9.26 Å². The maximum absolute atomic E-state index is 13.3. The monoisotopic (exact) mass is 395 g/mol. The fraction of sp³-hybridized carbons (Fsp3) is 0.318. The SMILES string of the molecule is CCOCCCN(CC(=O)Nc1cc(C)on1)C(=O)c1cccc2ccccc12. The number of anilines is 1. The lowest BCUT2D eigenvalue weighted by atomic mass is 10.0. The van der Waals surface area contributed by atoms with Gasteiger partial charge in [-0.1, -0.05) is 41.6 Å². The molecular weight excluding hydrogens is 370 g/mol. The second-order valence-corrected chi connectivity index (χ2v) is 6.67. The van der Waals surface area contributed by atoms with Crippen LogP contribution >= 0.6 is 0 Å². The van der Waals surface area contributed by atoms with Crippen molar-refractivity contribution < 1.29 is 18.8 Å². The van der Waals surface area contributed by atoms with Gasteiger partial charge in [-0.3, -0.25) is 9.59 Å². The van der Waals surface area contributed by atoms with Crippen LogP contribution < -0.4 is 5.32 Å². The Kier molecular flexibility index (Phi) is 6.97. The molecule has 0 saturated heterocycles. The molecule has 0 spiro atoms. The third kappa shape index (κ3) is 5.42. The fourth-order valence-corrected chi connectivity index (χ4v) is 3.12. The van der Waals surface area contributed by atoms with E-state index in [-0.39, 0.29) is 18.4 Å². The molecule has 2 aromatic carbocycles. The summed E-state index contributed by atoms with van der Waals surface area (Å²) in [6.07, 6.45) is 0.640. The topological polar surface area (TPSA) is 84.7 Å². The average molecular weight is 395 g/mol. The summed E-state index contributed by atoms with van der Waals surface area (Å²) < 4.78 is 10.3. The van der Waals surface area contributed by atoms with E-state index >= 15 is 0 Å². The maximum atomic E-state index is 13.3. The molecule has 7 heteroatoms. The molecule has 3 aromatic rings. The molecule has 7 nitrogen and oxygen atoms in total. The van der Waals surface area contributed by atoms with Crippen molar-refractivity contribution in [2.24, 2.45) is 0 Å². The Bertz CT molecular complexity index is 978. The lowest BCUT2D eigenvalue weighted by Gasteiger charge is -2.23. The van der Waals surface area contributed by atoms with Gasteiger partial charge in [0, 0.05) is 31.4 Å². The zero-order valence-electron chi connectivity index (χ0n) is 16.7. The van der Waals surface area contributed by atoms with Crippen LogP contribution in [0.2, 0.25) is 0 Å². The van der Waals surface area contributed by atoms with Crippen molar-refractivity contribution in [3.63, 3.8) is 0 Å². The molecule has 3 rings (SSSR count). The third-order valence-electron chi connectivity index (χ3n) is 4.46. The van der Waals surface area contributed by atoms with Crippen molar-refractivity contribution in [2.75, 3.05) is 31.6 Å². The molecule has 29 heavy (non-hydrogen) atoms. The lowest BCUT2D eigenvalue weighted by molar-refractivity contribution is -0.117. The van der Waals surface area contributed by atoms with Crippen LogP contribution in [0.4, 0.5) is 5.82 Å². The smallest absolute Gasteiger partial charge is 0.254 e. The van der Waals surface area contributed by atoms with Crippen LogP contribution in [0.15, 0.2) is 53.1 Å². The fourth-order valence-electron chi connectivity index (χ4n) is 3.12. The number of aromatic nitrogens is 1. The third-order valence-corrected chi connectivity index (χ3v) is 4.46. The molecule has 0 fully saturated rings. The summed E-state index contributed by atoms with van der Waals surface area (Å²) >= 11 is 0. The van der Waals surface area contributed by atoms with Gasteiger partial charge in [0.15, 0.2) is 5.82 Å². The Morgan fingerprint density at radius 1 is 1.17 bits per heavy atom. The second-order valence-electron chi connectivity index (χ2n) is 6.67. The number of carbonyl (C=O) groups excluding carboxylic acids is 2. The molecule has 0 aliphatic heterocycles. The number of fused-ring (bicyclic) bond motifs is 1. The van der Waals surface area contributed by atoms with Crippen molar-refractivity contribution in [3.05, 3.63) is 59.9 Å². The number of benzene rings is 2. The normalized spacial score (nSPS) is 10.8. The highest BCUT2D eigenvalue weighted by molar-refractivity contribution is 6.08. The number of ether oxygens (including phenoxy) is 1. The molecule has 1 N–H and O–H groups in total. The predicted octanol–water partition coefficient (Wildman–Crippen LogP) is 3.64. The molecule has 1 heterocycles. The van der Waals surface area contributed by atoms with Gasteiger partial charge in [0.05, 0.1) is 0 Å². The van der Waals surface area contributed by atoms with Crippen LogP contribution in [0.25, 0.3) is 10.8 Å². The summed E-state index contributed by atoms with van der Waals surface area (Å²) in [5, 5.41) is 8.28. The minimum atomic E-state index is -0.330. The van der Waals surface area contributed by atoms with E-state index in [0.717, 1.165) is 10.8 Å². The predicted molar refractivity (Wildman–Crippen MR) is 111 cm³/mol. The molecule has 2 amide bonds. The van der Waals surface area contributed by atoms with Crippen LogP contribution in [-0.2, 0) is 9.53 Å². The number of carbonyl (C=O) groups is 2. The van der Waals surface area contributed by atoms with Crippen molar-refractivity contribution >= 4 is 28.4 Å². The first-order valence-electron chi connectivity index (χ1n) is 9.66. The first-order valence-corrected chi connectivity index (χ1v) is 9.66. The second kappa shape index (κ2) is 9.84. The molecule has 152 valence electrons. The van der Waals surface area contributed by atoms with Gasteiger partial charge in [-0.2, -0.15) is 0 Å². The molecule has 0 unspecified atom stereocenters. The largest absolute Gasteiger partial charge is 0.382 e. The summed E-state index contributed by atoms with van der Waals surface area (Å²) in [6.45, 7) is 5.13. The summed E-state index contributed by atoms with van der Waals surface area (Å²) in [4.78, 5) is 27.3. The number of amides is 2. The van der Waals surface area contributed by atoms with E-state index in [9.17, 15) is 9.59 Å². The number of rotatable bonds is 9. The van der Waals surface area contributed by atoms with E-state index in [1.54, 1.807) is 24.0 Å². The van der Waals surface area contributed by atoms with Crippen LogP contribution in [0.5, 0.6) is 0 Å². The van der Waals surface area contributed by atoms with Crippen LogP contribution in [0, 0.1) is 6.92 Å². The number of nitrogens with one attached hydrogen (secondary N) is 1. The van der Waals surface area contributed by atoms with Crippen LogP contribution in [0.1, 0.15) is 29.5 Å². The quantitative estimate of drug-likeness (QED) is 0.559. The van der Waals surface area contributed by atoms with Gasteiger partial charge in [-0.05, 0) is 37.1 Å². The van der Waals surface area contributed by atoms with Crippen LogP contribution in [-0.4, -0.2) is 48.2 Å². The standard InChI is InChI=1S/C22H25N3O4/c1-3-28-13-7-12-25(15-21(26)23-20-14-16(2)29-24-20)22(27)19-11-6-9-17-8-4-5-10-18(17)19/h4-6,8-11,14H,3,7,12-13,15H2,1-2H3,(H,23,24,26). The van der Waals surface area contributed by atoms with Gasteiger partial charge in [-0.25, -0.2) is 0 Å². The lowest BCUT2D eigenvalue weighted by Crippen LogP contribution is -2.39. The number of nitrogens with zero attached hydrogens (tertiary/aromatic N) is 2. The number of hydrogen-bond acceptors (Lipinski definition) is 5. The first-order chi connectivity index (χ1) is 14.1. The summed E-state index contributed by atoms with van der Waals surface area (Å²) in [5.41, 5.74) is 0.574. The van der Waals surface area contributed by atoms with Gasteiger partial charge in [0.25, 0.3) is 5.91 Å². The number of hydrogen-bond donors (Lipinski definition) is 1. The molecule has 0 atom stereocenters. The minimum absolute atomic E-state index is 0.0832. The van der Waals surface area contributed by atoms with E-state index in [0.29, 0.717) is 43.3 Å². The Labute approximate surface area is 169 Å². The van der Waals surface area contributed by atoms with E-state index in [1.165, 1.54) is 0 Å². The van der Waals surface area contributed by atoms with Gasteiger partial charge >= 0.3 is 0 Å². The molecule has 0 aliphatic carbocycles. The summed E-state index contributed by atoms with van der Waals surface area (Å²) in [7, 11) is 0. The van der Waals surface area contributed by atoms with E-state index in [2.05, 4.69) is 10.5 Å². The van der Waals surface area contributed by atoms with Gasteiger partial charge < -0.3 is 19.5 Å². The zero-order chi connectivity index (χ0) is 20.6. The molecule has 1 aromatic heterocycles. The Morgan fingerprint density at radius 2 is 1.97 bits per heavy atom. The van der Waals surface area contributed by atoms with Crippen molar-refractivity contribution in [3.8, 4) is 0 Å². The van der Waals surface area contributed by atoms with E-state index in [1.807, 2.05) is 43.3 Å². The molecule has 0 aliphatic rings. The van der Waals surface area contributed by atoms with Gasteiger partial charge in [-0.15, -0.1) is 0 Å². The highest BCUT2D eigenvalue weighted by Crippen LogP contribution is 2.20. The Balaban J connectivity index is 1.77. The molecular formula is C22H25N3O4. The van der Waals surface area contributed by atoms with Gasteiger partial charge in [0.2, 0.25) is 5.91 Å². The summed E-state index contributed by atoms with van der Waals surface area (Å²) in [5.74, 6) is 0.410. The summed E-state index contributed by atoms with van der Waals surface area (Å²) in [6, 6.07) is 15.0.